The Hall–Kier alpha value is -4.09. The standard InChI is InChI=1S/C23H23F3N6O3/c1-13-15(10-27-31(13)3)12-30(2)22(33)16-11-28-32-20(23(24,25)26)9-17(29-21(16)32)14-6-7-18(34-4)19(8-14)35-5/h6-11H,12H2,1-5H3. The average molecular weight is 488 g/mol. The van der Waals surface area contributed by atoms with Crippen LogP contribution in [0.4, 0.5) is 13.2 Å². The lowest BCUT2D eigenvalue weighted by Crippen LogP contribution is -2.26. The van der Waals surface area contributed by atoms with Gasteiger partial charge in [-0.1, -0.05) is 0 Å². The molecular weight excluding hydrogens is 465 g/mol. The Morgan fingerprint density at radius 1 is 1.09 bits per heavy atom. The van der Waals surface area contributed by atoms with Crippen molar-refractivity contribution in [3.05, 3.63) is 59.2 Å². The van der Waals surface area contributed by atoms with Crippen molar-refractivity contribution >= 4 is 11.6 Å². The molecule has 0 saturated carbocycles. The van der Waals surface area contributed by atoms with Crippen LogP contribution in [0.5, 0.6) is 11.5 Å². The molecule has 0 aliphatic heterocycles. The number of rotatable bonds is 6. The van der Waals surface area contributed by atoms with Crippen LogP contribution in [0.2, 0.25) is 0 Å². The molecule has 184 valence electrons. The lowest BCUT2D eigenvalue weighted by atomic mass is 10.1. The molecule has 1 aromatic carbocycles. The first-order valence-electron chi connectivity index (χ1n) is 10.5. The molecule has 0 N–H and O–H groups in total. The van der Waals surface area contributed by atoms with Crippen molar-refractivity contribution in [1.29, 1.82) is 0 Å². The Kier molecular flexibility index (Phi) is 6.14. The number of hydrogen-bond donors (Lipinski definition) is 0. The van der Waals surface area contributed by atoms with Gasteiger partial charge in [0.25, 0.3) is 5.91 Å². The fourth-order valence-corrected chi connectivity index (χ4v) is 3.69. The Bertz CT molecular complexity index is 1410. The van der Waals surface area contributed by atoms with Gasteiger partial charge in [-0.3, -0.25) is 9.48 Å². The first-order chi connectivity index (χ1) is 16.5. The number of alkyl halides is 3. The average Bonchev–Trinajstić information content (AvgIpc) is 3.40. The molecule has 0 aliphatic carbocycles. The number of halogens is 3. The number of amides is 1. The zero-order chi connectivity index (χ0) is 25.5. The van der Waals surface area contributed by atoms with Crippen molar-refractivity contribution in [2.75, 3.05) is 21.3 Å². The summed E-state index contributed by atoms with van der Waals surface area (Å²) in [6.45, 7) is 2.08. The third kappa shape index (κ3) is 4.38. The maximum absolute atomic E-state index is 13.9. The minimum absolute atomic E-state index is 0.00563. The third-order valence-corrected chi connectivity index (χ3v) is 5.76. The lowest BCUT2D eigenvalue weighted by molar-refractivity contribution is -0.142. The van der Waals surface area contributed by atoms with Crippen molar-refractivity contribution in [1.82, 2.24) is 29.3 Å². The second kappa shape index (κ2) is 8.93. The van der Waals surface area contributed by atoms with Gasteiger partial charge in [-0.2, -0.15) is 23.4 Å². The van der Waals surface area contributed by atoms with Crippen molar-refractivity contribution in [3.8, 4) is 22.8 Å². The van der Waals surface area contributed by atoms with Crippen LogP contribution in [0.15, 0.2) is 36.7 Å². The Balaban J connectivity index is 1.82. The van der Waals surface area contributed by atoms with Crippen LogP contribution in [0.25, 0.3) is 16.9 Å². The molecule has 3 heterocycles. The van der Waals surface area contributed by atoms with Crippen LogP contribution >= 0.6 is 0 Å². The Morgan fingerprint density at radius 2 is 1.80 bits per heavy atom. The zero-order valence-corrected chi connectivity index (χ0v) is 19.7. The summed E-state index contributed by atoms with van der Waals surface area (Å²) in [7, 11) is 6.22. The van der Waals surface area contributed by atoms with E-state index >= 15 is 0 Å². The van der Waals surface area contributed by atoms with Crippen LogP contribution in [0.3, 0.4) is 0 Å². The van der Waals surface area contributed by atoms with Gasteiger partial charge < -0.3 is 14.4 Å². The number of nitrogens with zero attached hydrogens (tertiary/aromatic N) is 6. The number of benzene rings is 1. The minimum Gasteiger partial charge on any atom is -0.493 e. The number of aromatic nitrogens is 5. The van der Waals surface area contributed by atoms with Crippen LogP contribution in [0.1, 0.15) is 27.3 Å². The van der Waals surface area contributed by atoms with E-state index < -0.39 is 17.8 Å². The summed E-state index contributed by atoms with van der Waals surface area (Å²) in [5.74, 6) is 0.228. The number of carbonyl (C=O) groups is 1. The van der Waals surface area contributed by atoms with Crippen molar-refractivity contribution in [3.63, 3.8) is 0 Å². The molecule has 35 heavy (non-hydrogen) atoms. The number of ether oxygens (including phenoxy) is 2. The molecule has 0 fully saturated rings. The SMILES string of the molecule is COc1ccc(-c2cc(C(F)(F)F)n3ncc(C(=O)N(C)Cc4cnn(C)c4C)c3n2)cc1OC. The van der Waals surface area contributed by atoms with Gasteiger partial charge in [0.15, 0.2) is 22.8 Å². The second-order valence-electron chi connectivity index (χ2n) is 7.93. The Morgan fingerprint density at radius 3 is 2.40 bits per heavy atom. The summed E-state index contributed by atoms with van der Waals surface area (Å²) in [6.07, 6.45) is -1.99. The number of methoxy groups -OCH3 is 2. The highest BCUT2D eigenvalue weighted by Crippen LogP contribution is 2.36. The summed E-state index contributed by atoms with van der Waals surface area (Å²) in [4.78, 5) is 19.0. The first kappa shape index (κ1) is 24.0. The van der Waals surface area contributed by atoms with E-state index in [1.54, 1.807) is 37.1 Å². The Labute approximate surface area is 198 Å². The molecule has 1 amide bonds. The molecule has 0 atom stereocenters. The van der Waals surface area contributed by atoms with Crippen LogP contribution in [-0.4, -0.2) is 56.5 Å². The molecule has 0 unspecified atom stereocenters. The molecule has 3 aromatic heterocycles. The molecule has 12 heteroatoms. The van der Waals surface area contributed by atoms with E-state index in [-0.39, 0.29) is 23.4 Å². The van der Waals surface area contributed by atoms with Gasteiger partial charge in [-0.05, 0) is 31.2 Å². The smallest absolute Gasteiger partial charge is 0.433 e. The van der Waals surface area contributed by atoms with Gasteiger partial charge in [0.1, 0.15) is 5.56 Å². The maximum atomic E-state index is 13.9. The summed E-state index contributed by atoms with van der Waals surface area (Å²) in [5.41, 5.74) is 0.733. The highest BCUT2D eigenvalue weighted by atomic mass is 19.4. The van der Waals surface area contributed by atoms with Crippen molar-refractivity contribution in [2.24, 2.45) is 7.05 Å². The predicted molar refractivity (Wildman–Crippen MR) is 120 cm³/mol. The van der Waals surface area contributed by atoms with Crippen molar-refractivity contribution < 1.29 is 27.4 Å². The highest BCUT2D eigenvalue weighted by molar-refractivity contribution is 5.99. The van der Waals surface area contributed by atoms with Crippen molar-refractivity contribution in [2.45, 2.75) is 19.6 Å². The van der Waals surface area contributed by atoms with Crippen LogP contribution in [0, 0.1) is 6.92 Å². The number of aryl methyl sites for hydroxylation is 1. The molecule has 0 bridgehead atoms. The van der Waals surface area contributed by atoms with Gasteiger partial charge >= 0.3 is 6.18 Å². The summed E-state index contributed by atoms with van der Waals surface area (Å²) >= 11 is 0. The summed E-state index contributed by atoms with van der Waals surface area (Å²) < 4.78 is 54.6. The topological polar surface area (TPSA) is 86.8 Å². The molecule has 9 nitrogen and oxygen atoms in total. The molecule has 4 aromatic rings. The second-order valence-corrected chi connectivity index (χ2v) is 7.93. The van der Waals surface area contributed by atoms with Gasteiger partial charge in [0.05, 0.1) is 32.3 Å². The normalized spacial score (nSPS) is 11.7. The van der Waals surface area contributed by atoms with Gasteiger partial charge in [-0.25, -0.2) is 9.50 Å². The number of fused-ring (bicyclic) bond motifs is 1. The largest absolute Gasteiger partial charge is 0.493 e. The van der Waals surface area contributed by atoms with Crippen LogP contribution < -0.4 is 9.47 Å². The van der Waals surface area contributed by atoms with Gasteiger partial charge in [0, 0.05) is 37.5 Å². The molecule has 4 rings (SSSR count). The fourth-order valence-electron chi connectivity index (χ4n) is 3.69. The molecular formula is C23H23F3N6O3. The van der Waals surface area contributed by atoms with Gasteiger partial charge in [0.2, 0.25) is 0 Å². The molecule has 0 spiro atoms. The number of hydrogen-bond acceptors (Lipinski definition) is 6. The first-order valence-corrected chi connectivity index (χ1v) is 10.5. The van der Waals surface area contributed by atoms with E-state index in [0.717, 1.165) is 23.5 Å². The molecule has 0 saturated heterocycles. The van der Waals surface area contributed by atoms with E-state index in [1.165, 1.54) is 25.2 Å². The van der Waals surface area contributed by atoms with Gasteiger partial charge in [-0.15, -0.1) is 0 Å². The third-order valence-electron chi connectivity index (χ3n) is 5.76. The minimum atomic E-state index is -4.74. The lowest BCUT2D eigenvalue weighted by Gasteiger charge is -2.17. The fraction of sp³-hybridized carbons (Fsp3) is 0.304. The van der Waals surface area contributed by atoms with E-state index in [1.807, 2.05) is 6.92 Å². The van der Waals surface area contributed by atoms with E-state index in [0.29, 0.717) is 21.6 Å². The number of carbonyl (C=O) groups excluding carboxylic acids is 1. The monoisotopic (exact) mass is 488 g/mol. The molecule has 0 radical (unpaired) electrons. The molecule has 0 aliphatic rings. The highest BCUT2D eigenvalue weighted by Gasteiger charge is 2.36. The summed E-state index contributed by atoms with van der Waals surface area (Å²) in [5, 5.41) is 8.00. The zero-order valence-electron chi connectivity index (χ0n) is 19.7. The quantitative estimate of drug-likeness (QED) is 0.411. The van der Waals surface area contributed by atoms with E-state index in [4.69, 9.17) is 9.47 Å². The van der Waals surface area contributed by atoms with E-state index in [2.05, 4.69) is 15.2 Å². The summed E-state index contributed by atoms with van der Waals surface area (Å²) in [6, 6.07) is 5.54. The van der Waals surface area contributed by atoms with Crippen LogP contribution in [-0.2, 0) is 19.8 Å². The maximum Gasteiger partial charge on any atom is 0.433 e. The predicted octanol–water partition coefficient (Wildman–Crippen LogP) is 3.75. The van der Waals surface area contributed by atoms with E-state index in [9.17, 15) is 18.0 Å².